The molecule has 2 aromatic rings. The summed E-state index contributed by atoms with van der Waals surface area (Å²) in [4.78, 5) is 0. The zero-order valence-corrected chi connectivity index (χ0v) is 12.9. The molecular weight excluding hydrogens is 264 g/mol. The molecule has 0 fully saturated rings. The lowest BCUT2D eigenvalue weighted by Gasteiger charge is -2.17. The minimum Gasteiger partial charge on any atom is -0.0726 e. The van der Waals surface area contributed by atoms with Gasteiger partial charge in [0.2, 0.25) is 0 Å². The largest absolute Gasteiger partial charge is 0.0726 e. The van der Waals surface area contributed by atoms with E-state index in [0.29, 0.717) is 5.92 Å². The molecule has 0 heterocycles. The molecule has 0 N–H and O–H groups in total. The van der Waals surface area contributed by atoms with Gasteiger partial charge in [-0.15, -0.1) is 0 Å². The highest BCUT2D eigenvalue weighted by atomic mass is 14.3. The van der Waals surface area contributed by atoms with E-state index in [-0.39, 0.29) is 0 Å². The Morgan fingerprint density at radius 2 is 1.86 bits per heavy atom. The second-order valence-corrected chi connectivity index (χ2v) is 6.10. The number of fused-ring (bicyclic) bond motifs is 1. The Hall–Kier alpha value is -2.34. The van der Waals surface area contributed by atoms with Crippen LogP contribution < -0.4 is 0 Å². The maximum absolute atomic E-state index is 2.43. The van der Waals surface area contributed by atoms with Crippen LogP contribution >= 0.6 is 0 Å². The van der Waals surface area contributed by atoms with Crippen LogP contribution in [0.15, 0.2) is 89.6 Å². The van der Waals surface area contributed by atoms with Crippen molar-refractivity contribution in [3.8, 4) is 0 Å². The molecule has 0 heteroatoms. The van der Waals surface area contributed by atoms with Gasteiger partial charge in [0.25, 0.3) is 0 Å². The van der Waals surface area contributed by atoms with E-state index in [1.165, 1.54) is 27.5 Å². The van der Waals surface area contributed by atoms with Crippen LogP contribution in [0.5, 0.6) is 0 Å². The molecule has 0 radical (unpaired) electrons. The summed E-state index contributed by atoms with van der Waals surface area (Å²) in [6.45, 7) is 2.25. The Morgan fingerprint density at radius 1 is 1.00 bits per heavy atom. The fraction of sp³-hybridized carbons (Fsp3) is 0.182. The van der Waals surface area contributed by atoms with Gasteiger partial charge in [-0.2, -0.15) is 0 Å². The lowest BCUT2D eigenvalue weighted by atomic mass is 9.86. The molecule has 2 aliphatic rings. The first kappa shape index (κ1) is 13.3. The highest BCUT2D eigenvalue weighted by Gasteiger charge is 2.23. The van der Waals surface area contributed by atoms with Gasteiger partial charge in [-0.25, -0.2) is 0 Å². The topological polar surface area (TPSA) is 0 Å². The number of hydrogen-bond donors (Lipinski definition) is 0. The van der Waals surface area contributed by atoms with Gasteiger partial charge in [0.1, 0.15) is 0 Å². The van der Waals surface area contributed by atoms with E-state index in [0.717, 1.165) is 12.8 Å². The van der Waals surface area contributed by atoms with Crippen LogP contribution in [0.2, 0.25) is 0 Å². The fourth-order valence-corrected chi connectivity index (χ4v) is 3.63. The first-order valence-corrected chi connectivity index (χ1v) is 8.12. The lowest BCUT2D eigenvalue weighted by Crippen LogP contribution is -1.99. The van der Waals surface area contributed by atoms with Crippen molar-refractivity contribution in [2.75, 3.05) is 0 Å². The first-order chi connectivity index (χ1) is 10.9. The highest BCUT2D eigenvalue weighted by Crippen LogP contribution is 2.41. The maximum Gasteiger partial charge on any atom is 0.0281 e. The quantitative estimate of drug-likeness (QED) is 0.626. The molecule has 108 valence electrons. The summed E-state index contributed by atoms with van der Waals surface area (Å²) >= 11 is 0. The maximum atomic E-state index is 2.43. The van der Waals surface area contributed by atoms with Crippen LogP contribution in [0, 0.1) is 0 Å². The summed E-state index contributed by atoms with van der Waals surface area (Å²) in [5, 5.41) is 2.69. The van der Waals surface area contributed by atoms with Gasteiger partial charge in [0.15, 0.2) is 0 Å². The van der Waals surface area contributed by atoms with E-state index in [2.05, 4.69) is 79.8 Å². The molecule has 0 amide bonds. The standard InChI is InChI=1S/C22H20/c1-2-16-14-18-9-4-6-12-21(22(18)15-16)20-13-7-10-17-8-3-5-11-19(17)20/h3-13,15,21H,2,14H2,1H3. The Labute approximate surface area is 132 Å². The summed E-state index contributed by atoms with van der Waals surface area (Å²) in [6, 6.07) is 15.4. The second-order valence-electron chi connectivity index (χ2n) is 6.10. The van der Waals surface area contributed by atoms with Crippen molar-refractivity contribution in [2.45, 2.75) is 25.7 Å². The molecule has 4 rings (SSSR count). The fourth-order valence-electron chi connectivity index (χ4n) is 3.63. The number of benzene rings is 2. The average molecular weight is 284 g/mol. The van der Waals surface area contributed by atoms with Crippen molar-refractivity contribution in [3.05, 3.63) is 95.1 Å². The Morgan fingerprint density at radius 3 is 2.77 bits per heavy atom. The smallest absolute Gasteiger partial charge is 0.0281 e. The molecule has 0 bridgehead atoms. The third-order valence-corrected chi connectivity index (χ3v) is 4.81. The molecule has 0 saturated carbocycles. The molecule has 1 atom stereocenters. The predicted octanol–water partition coefficient (Wildman–Crippen LogP) is 6.09. The zero-order chi connectivity index (χ0) is 14.9. The number of rotatable bonds is 2. The van der Waals surface area contributed by atoms with Crippen molar-refractivity contribution in [2.24, 2.45) is 0 Å². The van der Waals surface area contributed by atoms with E-state index in [1.807, 2.05) is 0 Å². The first-order valence-electron chi connectivity index (χ1n) is 8.12. The van der Waals surface area contributed by atoms with E-state index >= 15 is 0 Å². The van der Waals surface area contributed by atoms with Crippen LogP contribution in [0.25, 0.3) is 10.8 Å². The Balaban J connectivity index is 1.90. The van der Waals surface area contributed by atoms with Gasteiger partial charge in [0, 0.05) is 5.92 Å². The third-order valence-electron chi connectivity index (χ3n) is 4.81. The molecular formula is C22H20. The van der Waals surface area contributed by atoms with Crippen molar-refractivity contribution in [3.63, 3.8) is 0 Å². The van der Waals surface area contributed by atoms with E-state index in [4.69, 9.17) is 0 Å². The molecule has 0 nitrogen and oxygen atoms in total. The summed E-state index contributed by atoms with van der Waals surface area (Å²) in [7, 11) is 0. The monoisotopic (exact) mass is 284 g/mol. The van der Waals surface area contributed by atoms with E-state index in [1.54, 1.807) is 5.57 Å². The lowest BCUT2D eigenvalue weighted by molar-refractivity contribution is 1.02. The summed E-state index contributed by atoms with van der Waals surface area (Å²) < 4.78 is 0. The van der Waals surface area contributed by atoms with Gasteiger partial charge in [-0.1, -0.05) is 85.3 Å². The SMILES string of the molecule is CCC1=CC2=C(C=CC=CC2c2cccc3ccccc23)C1. The average Bonchev–Trinajstić information content (AvgIpc) is 2.88. The summed E-state index contributed by atoms with van der Waals surface area (Å²) in [5.74, 6) is 0.361. The van der Waals surface area contributed by atoms with E-state index < -0.39 is 0 Å². The molecule has 0 aliphatic heterocycles. The number of hydrogen-bond acceptors (Lipinski definition) is 0. The zero-order valence-electron chi connectivity index (χ0n) is 12.9. The van der Waals surface area contributed by atoms with Gasteiger partial charge in [-0.3, -0.25) is 0 Å². The normalized spacial score (nSPS) is 20.2. The molecule has 2 aliphatic carbocycles. The molecule has 2 aromatic carbocycles. The minimum atomic E-state index is 0.361. The molecule has 0 saturated heterocycles. The molecule has 1 unspecified atom stereocenters. The van der Waals surface area contributed by atoms with E-state index in [9.17, 15) is 0 Å². The van der Waals surface area contributed by atoms with Crippen molar-refractivity contribution in [1.29, 1.82) is 0 Å². The van der Waals surface area contributed by atoms with Crippen LogP contribution in [0.3, 0.4) is 0 Å². The predicted molar refractivity (Wildman–Crippen MR) is 95.0 cm³/mol. The van der Waals surface area contributed by atoms with Gasteiger partial charge in [-0.05, 0) is 40.3 Å². The van der Waals surface area contributed by atoms with Crippen LogP contribution in [0.1, 0.15) is 31.2 Å². The molecule has 0 spiro atoms. The van der Waals surface area contributed by atoms with Crippen molar-refractivity contribution < 1.29 is 0 Å². The second kappa shape index (κ2) is 5.46. The van der Waals surface area contributed by atoms with Crippen LogP contribution in [-0.4, -0.2) is 0 Å². The van der Waals surface area contributed by atoms with Crippen LogP contribution in [-0.2, 0) is 0 Å². The third kappa shape index (κ3) is 2.16. The van der Waals surface area contributed by atoms with Gasteiger partial charge in [0.05, 0.1) is 0 Å². The Bertz CT molecular complexity index is 838. The highest BCUT2D eigenvalue weighted by molar-refractivity contribution is 5.87. The van der Waals surface area contributed by atoms with Gasteiger partial charge >= 0.3 is 0 Å². The summed E-state index contributed by atoms with van der Waals surface area (Å²) in [6.07, 6.45) is 13.7. The van der Waals surface area contributed by atoms with Gasteiger partial charge < -0.3 is 0 Å². The summed E-state index contributed by atoms with van der Waals surface area (Å²) in [5.41, 5.74) is 5.94. The molecule has 22 heavy (non-hydrogen) atoms. The molecule has 0 aromatic heterocycles. The van der Waals surface area contributed by atoms with Crippen LogP contribution in [0.4, 0.5) is 0 Å². The number of allylic oxidation sites excluding steroid dienone is 8. The van der Waals surface area contributed by atoms with Crippen molar-refractivity contribution in [1.82, 2.24) is 0 Å². The Kier molecular flexibility index (Phi) is 3.31. The van der Waals surface area contributed by atoms with Crippen molar-refractivity contribution >= 4 is 10.8 Å². The minimum absolute atomic E-state index is 0.361.